The smallest absolute Gasteiger partial charge is 0.373 e. The van der Waals surface area contributed by atoms with Crippen LogP contribution in [-0.4, -0.2) is 62.8 Å². The molecule has 9 nitrogen and oxygen atoms in total. The first-order valence-corrected chi connectivity index (χ1v) is 10.5. The van der Waals surface area contributed by atoms with Crippen molar-refractivity contribution in [2.24, 2.45) is 0 Å². The zero-order chi connectivity index (χ0) is 17.8. The van der Waals surface area contributed by atoms with Gasteiger partial charge in [0, 0.05) is 32.9 Å². The van der Waals surface area contributed by atoms with Crippen LogP contribution in [0, 0.1) is 0 Å². The molecule has 0 aliphatic rings. The normalized spacial score (nSPS) is 11.4. The Hall–Kier alpha value is -1.49. The standard InChI is InChI=1S/C14H30N6O3Si/c1-6-15-12-18-13(16-7-2)20-14(19-12)17-11-24(21-8-3,22-9-4)23-10-5/h6-11H2,1-5H3,(H3,15,16,17,18,19,20). The molecule has 10 heteroatoms. The number of nitrogens with zero attached hydrogens (tertiary/aromatic N) is 3. The van der Waals surface area contributed by atoms with E-state index in [1.54, 1.807) is 0 Å². The Morgan fingerprint density at radius 3 is 1.38 bits per heavy atom. The lowest BCUT2D eigenvalue weighted by Gasteiger charge is -2.28. The topological polar surface area (TPSA) is 102 Å². The van der Waals surface area contributed by atoms with Crippen LogP contribution in [-0.2, 0) is 13.3 Å². The van der Waals surface area contributed by atoms with Crippen LogP contribution >= 0.6 is 0 Å². The first-order chi connectivity index (χ1) is 11.6. The van der Waals surface area contributed by atoms with Gasteiger partial charge >= 0.3 is 8.80 Å². The highest BCUT2D eigenvalue weighted by atomic mass is 28.4. The number of hydrogen-bond donors (Lipinski definition) is 3. The summed E-state index contributed by atoms with van der Waals surface area (Å²) >= 11 is 0. The van der Waals surface area contributed by atoms with Crippen molar-refractivity contribution in [2.75, 3.05) is 55.0 Å². The van der Waals surface area contributed by atoms with Gasteiger partial charge in [-0.1, -0.05) is 0 Å². The molecule has 138 valence electrons. The minimum atomic E-state index is -2.80. The molecule has 0 aliphatic carbocycles. The van der Waals surface area contributed by atoms with E-state index in [9.17, 15) is 0 Å². The van der Waals surface area contributed by atoms with Crippen LogP contribution in [0.25, 0.3) is 0 Å². The summed E-state index contributed by atoms with van der Waals surface area (Å²) in [4.78, 5) is 13.0. The Morgan fingerprint density at radius 2 is 1.04 bits per heavy atom. The van der Waals surface area contributed by atoms with Gasteiger partial charge < -0.3 is 29.2 Å². The summed E-state index contributed by atoms with van der Waals surface area (Å²) in [5, 5.41) is 9.37. The van der Waals surface area contributed by atoms with E-state index >= 15 is 0 Å². The van der Waals surface area contributed by atoms with Gasteiger partial charge in [0.25, 0.3) is 0 Å². The van der Waals surface area contributed by atoms with Gasteiger partial charge in [0.05, 0.1) is 6.17 Å². The van der Waals surface area contributed by atoms with Crippen LogP contribution in [0.3, 0.4) is 0 Å². The minimum absolute atomic E-state index is 0.393. The molecule has 1 rings (SSSR count). The van der Waals surface area contributed by atoms with E-state index in [1.165, 1.54) is 0 Å². The number of rotatable bonds is 13. The van der Waals surface area contributed by atoms with Crippen LogP contribution < -0.4 is 16.0 Å². The maximum Gasteiger partial charge on any atom is 0.521 e. The molecule has 0 unspecified atom stereocenters. The number of nitrogens with one attached hydrogen (secondary N) is 3. The maximum atomic E-state index is 5.82. The Bertz CT molecular complexity index is 439. The fourth-order valence-corrected chi connectivity index (χ4v) is 4.30. The van der Waals surface area contributed by atoms with Gasteiger partial charge in [-0.15, -0.1) is 0 Å². The Kier molecular flexibility index (Phi) is 9.53. The molecule has 0 aromatic carbocycles. The molecule has 0 saturated carbocycles. The molecule has 1 aromatic heterocycles. The number of aromatic nitrogens is 3. The lowest BCUT2D eigenvalue weighted by Crippen LogP contribution is -2.52. The molecule has 24 heavy (non-hydrogen) atoms. The molecule has 0 fully saturated rings. The monoisotopic (exact) mass is 358 g/mol. The molecule has 1 heterocycles. The van der Waals surface area contributed by atoms with Gasteiger partial charge in [-0.25, -0.2) is 0 Å². The molecule has 0 radical (unpaired) electrons. The summed E-state index contributed by atoms with van der Waals surface area (Å²) in [7, 11) is -2.80. The van der Waals surface area contributed by atoms with Gasteiger partial charge in [0.1, 0.15) is 0 Å². The van der Waals surface area contributed by atoms with Gasteiger partial charge in [0.2, 0.25) is 17.8 Å². The van der Waals surface area contributed by atoms with Crippen LogP contribution in [0.1, 0.15) is 34.6 Å². The SMILES string of the molecule is CCNc1nc(NCC)nc(NC[Si](OCC)(OCC)OCC)n1. The molecular formula is C14H30N6O3Si. The van der Waals surface area contributed by atoms with Crippen LogP contribution in [0.2, 0.25) is 0 Å². The highest BCUT2D eigenvalue weighted by molar-refractivity contribution is 6.61. The highest BCUT2D eigenvalue weighted by Crippen LogP contribution is 2.13. The van der Waals surface area contributed by atoms with Gasteiger partial charge in [-0.2, -0.15) is 15.0 Å². The number of anilines is 3. The highest BCUT2D eigenvalue weighted by Gasteiger charge is 2.40. The summed E-state index contributed by atoms with van der Waals surface area (Å²) in [5.74, 6) is 1.48. The molecule has 0 atom stereocenters. The van der Waals surface area contributed by atoms with E-state index in [-0.39, 0.29) is 0 Å². The van der Waals surface area contributed by atoms with Crippen molar-refractivity contribution >= 4 is 26.6 Å². The van der Waals surface area contributed by atoms with E-state index in [0.29, 0.717) is 43.8 Å². The zero-order valence-electron chi connectivity index (χ0n) is 15.3. The van der Waals surface area contributed by atoms with Crippen LogP contribution in [0.15, 0.2) is 0 Å². The molecule has 0 aliphatic heterocycles. The van der Waals surface area contributed by atoms with E-state index in [4.69, 9.17) is 13.3 Å². The fourth-order valence-electron chi connectivity index (χ4n) is 2.05. The largest absolute Gasteiger partial charge is 0.521 e. The predicted octanol–water partition coefficient (Wildman–Crippen LogP) is 1.73. The van der Waals surface area contributed by atoms with E-state index in [1.807, 2.05) is 34.6 Å². The molecule has 0 bridgehead atoms. The number of hydrogen-bond acceptors (Lipinski definition) is 9. The summed E-state index contributed by atoms with van der Waals surface area (Å²) in [6.45, 7) is 12.8. The Labute approximate surface area is 145 Å². The third-order valence-corrected chi connectivity index (χ3v) is 5.66. The quantitative estimate of drug-likeness (QED) is 0.455. The van der Waals surface area contributed by atoms with Crippen molar-refractivity contribution < 1.29 is 13.3 Å². The zero-order valence-corrected chi connectivity index (χ0v) is 16.3. The van der Waals surface area contributed by atoms with E-state index in [0.717, 1.165) is 13.1 Å². The summed E-state index contributed by atoms with van der Waals surface area (Å²) in [6.07, 6.45) is 0.393. The first kappa shape index (κ1) is 20.6. The molecular weight excluding hydrogens is 328 g/mol. The predicted molar refractivity (Wildman–Crippen MR) is 97.3 cm³/mol. The maximum absolute atomic E-state index is 5.82. The van der Waals surface area contributed by atoms with Crippen molar-refractivity contribution in [2.45, 2.75) is 34.6 Å². The van der Waals surface area contributed by atoms with Crippen LogP contribution in [0.4, 0.5) is 17.8 Å². The van der Waals surface area contributed by atoms with Crippen LogP contribution in [0.5, 0.6) is 0 Å². The average Bonchev–Trinajstić information content (AvgIpc) is 2.54. The van der Waals surface area contributed by atoms with Crippen molar-refractivity contribution in [1.82, 2.24) is 15.0 Å². The van der Waals surface area contributed by atoms with Crippen molar-refractivity contribution in [3.05, 3.63) is 0 Å². The summed E-state index contributed by atoms with van der Waals surface area (Å²) in [6, 6.07) is 0. The Morgan fingerprint density at radius 1 is 0.667 bits per heavy atom. The molecule has 0 saturated heterocycles. The molecule has 1 aromatic rings. The van der Waals surface area contributed by atoms with E-state index < -0.39 is 8.80 Å². The lowest BCUT2D eigenvalue weighted by atomic mass is 10.7. The minimum Gasteiger partial charge on any atom is -0.373 e. The third-order valence-electron chi connectivity index (χ3n) is 2.86. The fraction of sp³-hybridized carbons (Fsp3) is 0.786. The lowest BCUT2D eigenvalue weighted by molar-refractivity contribution is 0.0740. The van der Waals surface area contributed by atoms with Gasteiger partial charge in [-0.3, -0.25) is 0 Å². The second-order valence-corrected chi connectivity index (χ2v) is 7.29. The third kappa shape index (κ3) is 6.55. The molecule has 3 N–H and O–H groups in total. The summed E-state index contributed by atoms with van der Waals surface area (Å²) < 4.78 is 17.5. The summed E-state index contributed by atoms with van der Waals surface area (Å²) in [5.41, 5.74) is 0. The molecule has 0 amide bonds. The van der Waals surface area contributed by atoms with E-state index in [2.05, 4.69) is 30.9 Å². The second kappa shape index (κ2) is 11.1. The van der Waals surface area contributed by atoms with Crippen molar-refractivity contribution in [1.29, 1.82) is 0 Å². The van der Waals surface area contributed by atoms with Crippen molar-refractivity contribution in [3.63, 3.8) is 0 Å². The molecule has 0 spiro atoms. The van der Waals surface area contributed by atoms with Crippen molar-refractivity contribution in [3.8, 4) is 0 Å². The van der Waals surface area contributed by atoms with Gasteiger partial charge in [-0.05, 0) is 34.6 Å². The average molecular weight is 359 g/mol. The second-order valence-electron chi connectivity index (χ2n) is 4.70. The first-order valence-electron chi connectivity index (χ1n) is 8.52. The Balaban J connectivity index is 2.91. The van der Waals surface area contributed by atoms with Gasteiger partial charge in [0.15, 0.2) is 0 Å².